The Morgan fingerprint density at radius 1 is 1.21 bits per heavy atom. The molecule has 3 nitrogen and oxygen atoms in total. The maximum Gasteiger partial charge on any atom is 0.125 e. The molecule has 1 aliphatic rings. The van der Waals surface area contributed by atoms with Crippen LogP contribution in [-0.4, -0.2) is 13.2 Å². The summed E-state index contributed by atoms with van der Waals surface area (Å²) in [6.07, 6.45) is 6.26. The van der Waals surface area contributed by atoms with Gasteiger partial charge in [0.1, 0.15) is 17.7 Å². The van der Waals surface area contributed by atoms with Crippen LogP contribution in [0.4, 0.5) is 0 Å². The van der Waals surface area contributed by atoms with Gasteiger partial charge in [-0.05, 0) is 31.6 Å². The normalized spacial score (nSPS) is 25.9. The number of hydrogen-bond acceptors (Lipinski definition) is 3. The van der Waals surface area contributed by atoms with Crippen LogP contribution in [0.2, 0.25) is 0 Å². The van der Waals surface area contributed by atoms with E-state index in [1.165, 1.54) is 0 Å². The molecule has 0 amide bonds. The molecule has 74 valence electrons. The third-order valence-electron chi connectivity index (χ3n) is 2.70. The molecule has 1 rings (SSSR count). The highest BCUT2D eigenvalue weighted by atomic mass is 16.5. The van der Waals surface area contributed by atoms with Crippen molar-refractivity contribution in [1.29, 1.82) is 10.5 Å². The summed E-state index contributed by atoms with van der Waals surface area (Å²) in [7, 11) is 1.73. The lowest BCUT2D eigenvalue weighted by atomic mass is 9.86. The van der Waals surface area contributed by atoms with Gasteiger partial charge in [-0.1, -0.05) is 6.08 Å². The van der Waals surface area contributed by atoms with E-state index in [0.717, 1.165) is 25.7 Å². The van der Waals surface area contributed by atoms with Gasteiger partial charge in [-0.15, -0.1) is 0 Å². The zero-order chi connectivity index (χ0) is 10.4. The van der Waals surface area contributed by atoms with Crippen LogP contribution in [0.25, 0.3) is 0 Å². The number of nitrogens with zero attached hydrogens (tertiary/aromatic N) is 2. The molecule has 0 heterocycles. The molecular formula is C11H14N2O. The Hall–Kier alpha value is -1.32. The van der Waals surface area contributed by atoms with E-state index in [1.807, 2.05) is 12.1 Å². The van der Waals surface area contributed by atoms with Gasteiger partial charge in [-0.2, -0.15) is 10.5 Å². The van der Waals surface area contributed by atoms with Gasteiger partial charge in [-0.25, -0.2) is 0 Å². The lowest BCUT2D eigenvalue weighted by molar-refractivity contribution is 0.0626. The van der Waals surface area contributed by atoms with Crippen molar-refractivity contribution in [1.82, 2.24) is 0 Å². The van der Waals surface area contributed by atoms with E-state index in [2.05, 4.69) is 0 Å². The maximum absolute atomic E-state index is 8.59. The molecule has 0 radical (unpaired) electrons. The second-order valence-corrected chi connectivity index (χ2v) is 3.58. The summed E-state index contributed by atoms with van der Waals surface area (Å²) in [6, 6.07) is 3.79. The van der Waals surface area contributed by atoms with E-state index in [9.17, 15) is 0 Å². The Balaban J connectivity index is 2.48. The number of ether oxygens (including phenoxy) is 1. The van der Waals surface area contributed by atoms with Gasteiger partial charge < -0.3 is 4.74 Å². The average molecular weight is 190 g/mol. The SMILES string of the molecule is COC1CCC(C=C(C#N)C#N)CC1. The molecule has 0 spiro atoms. The van der Waals surface area contributed by atoms with E-state index in [4.69, 9.17) is 15.3 Å². The van der Waals surface area contributed by atoms with Crippen LogP contribution >= 0.6 is 0 Å². The maximum atomic E-state index is 8.59. The number of allylic oxidation sites excluding steroid dienone is 2. The predicted octanol–water partition coefficient (Wildman–Crippen LogP) is 2.17. The van der Waals surface area contributed by atoms with Gasteiger partial charge in [-0.3, -0.25) is 0 Å². The minimum atomic E-state index is 0.242. The first-order valence-corrected chi connectivity index (χ1v) is 4.85. The Kier molecular flexibility index (Phi) is 4.16. The highest BCUT2D eigenvalue weighted by molar-refractivity contribution is 5.35. The molecule has 0 atom stereocenters. The monoisotopic (exact) mass is 190 g/mol. The second-order valence-electron chi connectivity index (χ2n) is 3.58. The van der Waals surface area contributed by atoms with Crippen molar-refractivity contribution in [2.75, 3.05) is 7.11 Å². The molecule has 0 aromatic rings. The first-order chi connectivity index (χ1) is 6.80. The molecular weight excluding hydrogens is 176 g/mol. The molecule has 1 saturated carbocycles. The Labute approximate surface area is 84.6 Å². The van der Waals surface area contributed by atoms with E-state index >= 15 is 0 Å². The lowest BCUT2D eigenvalue weighted by Gasteiger charge is -2.25. The first kappa shape index (κ1) is 10.8. The van der Waals surface area contributed by atoms with Crippen molar-refractivity contribution in [3.8, 4) is 12.1 Å². The van der Waals surface area contributed by atoms with Crippen LogP contribution in [0, 0.1) is 28.6 Å². The van der Waals surface area contributed by atoms with Crippen molar-refractivity contribution in [3.05, 3.63) is 11.6 Å². The molecule has 14 heavy (non-hydrogen) atoms. The standard InChI is InChI=1S/C11H14N2O/c1-14-11-4-2-9(3-5-11)6-10(7-12)8-13/h6,9,11H,2-5H2,1H3. The number of methoxy groups -OCH3 is 1. The smallest absolute Gasteiger partial charge is 0.125 e. The van der Waals surface area contributed by atoms with Gasteiger partial charge in [0.25, 0.3) is 0 Å². The average Bonchev–Trinajstić information content (AvgIpc) is 2.26. The summed E-state index contributed by atoms with van der Waals surface area (Å²) in [5.41, 5.74) is 0.242. The minimum absolute atomic E-state index is 0.242. The summed E-state index contributed by atoms with van der Waals surface area (Å²) >= 11 is 0. The lowest BCUT2D eigenvalue weighted by Crippen LogP contribution is -2.19. The predicted molar refractivity (Wildman–Crippen MR) is 52.1 cm³/mol. The van der Waals surface area contributed by atoms with Gasteiger partial charge in [0.2, 0.25) is 0 Å². The third kappa shape index (κ3) is 2.87. The summed E-state index contributed by atoms with van der Waals surface area (Å²) in [6.45, 7) is 0. The molecule has 0 unspecified atom stereocenters. The molecule has 1 aliphatic carbocycles. The van der Waals surface area contributed by atoms with Crippen molar-refractivity contribution in [3.63, 3.8) is 0 Å². The topological polar surface area (TPSA) is 56.8 Å². The van der Waals surface area contributed by atoms with Crippen LogP contribution in [-0.2, 0) is 4.74 Å². The number of rotatable bonds is 2. The number of nitriles is 2. The van der Waals surface area contributed by atoms with E-state index in [-0.39, 0.29) is 5.57 Å². The van der Waals surface area contributed by atoms with Crippen LogP contribution in [0.15, 0.2) is 11.6 Å². The van der Waals surface area contributed by atoms with Crippen molar-refractivity contribution < 1.29 is 4.74 Å². The zero-order valence-electron chi connectivity index (χ0n) is 8.36. The van der Waals surface area contributed by atoms with Gasteiger partial charge >= 0.3 is 0 Å². The first-order valence-electron chi connectivity index (χ1n) is 4.85. The largest absolute Gasteiger partial charge is 0.381 e. The third-order valence-corrected chi connectivity index (χ3v) is 2.70. The summed E-state index contributed by atoms with van der Waals surface area (Å²) < 4.78 is 5.25. The van der Waals surface area contributed by atoms with E-state index < -0.39 is 0 Å². The molecule has 0 bridgehead atoms. The molecule has 0 aromatic carbocycles. The highest BCUT2D eigenvalue weighted by Gasteiger charge is 2.19. The quantitative estimate of drug-likeness (QED) is 0.627. The Morgan fingerprint density at radius 2 is 1.79 bits per heavy atom. The van der Waals surface area contributed by atoms with Crippen LogP contribution in [0.1, 0.15) is 25.7 Å². The van der Waals surface area contributed by atoms with Crippen molar-refractivity contribution in [2.24, 2.45) is 5.92 Å². The van der Waals surface area contributed by atoms with Gasteiger partial charge in [0.05, 0.1) is 6.10 Å². The van der Waals surface area contributed by atoms with Gasteiger partial charge in [0.15, 0.2) is 0 Å². The van der Waals surface area contributed by atoms with Crippen molar-refractivity contribution in [2.45, 2.75) is 31.8 Å². The second kappa shape index (κ2) is 5.42. The Bertz CT molecular complexity index is 271. The Morgan fingerprint density at radius 3 is 2.21 bits per heavy atom. The van der Waals surface area contributed by atoms with E-state index in [0.29, 0.717) is 12.0 Å². The zero-order valence-corrected chi connectivity index (χ0v) is 8.36. The fourth-order valence-electron chi connectivity index (χ4n) is 1.83. The molecule has 1 fully saturated rings. The van der Waals surface area contributed by atoms with E-state index in [1.54, 1.807) is 13.2 Å². The molecule has 0 saturated heterocycles. The summed E-state index contributed by atoms with van der Waals surface area (Å²) in [5, 5.41) is 17.2. The molecule has 0 aliphatic heterocycles. The van der Waals surface area contributed by atoms with Crippen molar-refractivity contribution >= 4 is 0 Å². The molecule has 3 heteroatoms. The fourth-order valence-corrected chi connectivity index (χ4v) is 1.83. The summed E-state index contributed by atoms with van der Waals surface area (Å²) in [4.78, 5) is 0. The minimum Gasteiger partial charge on any atom is -0.381 e. The summed E-state index contributed by atoms with van der Waals surface area (Å²) in [5.74, 6) is 0.385. The molecule has 0 N–H and O–H groups in total. The van der Waals surface area contributed by atoms with Crippen LogP contribution in [0.3, 0.4) is 0 Å². The number of hydrogen-bond donors (Lipinski definition) is 0. The fraction of sp³-hybridized carbons (Fsp3) is 0.636. The highest BCUT2D eigenvalue weighted by Crippen LogP contribution is 2.27. The van der Waals surface area contributed by atoms with Crippen LogP contribution in [0.5, 0.6) is 0 Å². The van der Waals surface area contributed by atoms with Gasteiger partial charge in [0, 0.05) is 7.11 Å². The molecule has 0 aromatic heterocycles. The van der Waals surface area contributed by atoms with Crippen LogP contribution < -0.4 is 0 Å².